The highest BCUT2D eigenvalue weighted by molar-refractivity contribution is 9.11. The van der Waals surface area contributed by atoms with E-state index in [9.17, 15) is 0 Å². The summed E-state index contributed by atoms with van der Waals surface area (Å²) in [5, 5.41) is 3.72. The number of hydrogen-bond acceptors (Lipinski definition) is 3. The molecule has 0 radical (unpaired) electrons. The number of rotatable bonds is 4. The third-order valence-electron chi connectivity index (χ3n) is 4.61. The average Bonchev–Trinajstić information content (AvgIpc) is 2.77. The van der Waals surface area contributed by atoms with Crippen LogP contribution in [-0.2, 0) is 6.54 Å². The van der Waals surface area contributed by atoms with Crippen LogP contribution in [0, 0.1) is 0 Å². The quantitative estimate of drug-likeness (QED) is 0.831. The molecule has 0 aliphatic carbocycles. The van der Waals surface area contributed by atoms with Crippen LogP contribution in [0.2, 0.25) is 0 Å². The molecule has 2 bridgehead atoms. The molecule has 1 aromatic rings. The molecule has 2 fully saturated rings. The van der Waals surface area contributed by atoms with Crippen LogP contribution < -0.4 is 5.32 Å². The molecular weight excluding hydrogens is 382 g/mol. The lowest BCUT2D eigenvalue weighted by atomic mass is 9.98. The second kappa shape index (κ2) is 6.42. The SMILES string of the molecule is CCN(Cc1ncc(Br)cc1Br)C1CC2CCC(C1)N2. The van der Waals surface area contributed by atoms with E-state index in [2.05, 4.69) is 60.1 Å². The van der Waals surface area contributed by atoms with Crippen LogP contribution in [0.3, 0.4) is 0 Å². The van der Waals surface area contributed by atoms with Crippen molar-refractivity contribution in [2.45, 2.75) is 57.3 Å². The fourth-order valence-corrected chi connectivity index (χ4v) is 4.69. The zero-order valence-electron chi connectivity index (χ0n) is 11.8. The maximum atomic E-state index is 4.56. The Kier molecular flexibility index (Phi) is 4.80. The second-order valence-corrected chi connectivity index (χ2v) is 7.68. The van der Waals surface area contributed by atoms with E-state index < -0.39 is 0 Å². The molecule has 20 heavy (non-hydrogen) atoms. The highest BCUT2D eigenvalue weighted by Crippen LogP contribution is 2.31. The molecule has 110 valence electrons. The van der Waals surface area contributed by atoms with Crippen LogP contribution in [-0.4, -0.2) is 34.6 Å². The Balaban J connectivity index is 1.70. The summed E-state index contributed by atoms with van der Waals surface area (Å²) in [5.41, 5.74) is 1.14. The van der Waals surface area contributed by atoms with Gasteiger partial charge >= 0.3 is 0 Å². The van der Waals surface area contributed by atoms with Gasteiger partial charge in [-0.25, -0.2) is 0 Å². The second-order valence-electron chi connectivity index (χ2n) is 5.91. The zero-order valence-corrected chi connectivity index (χ0v) is 15.0. The number of hydrogen-bond donors (Lipinski definition) is 1. The minimum atomic E-state index is 0.705. The van der Waals surface area contributed by atoms with Gasteiger partial charge in [-0.3, -0.25) is 9.88 Å². The van der Waals surface area contributed by atoms with Crippen LogP contribution in [0.4, 0.5) is 0 Å². The Hall–Kier alpha value is 0.0300. The van der Waals surface area contributed by atoms with Gasteiger partial charge in [-0.1, -0.05) is 6.92 Å². The minimum absolute atomic E-state index is 0.705. The van der Waals surface area contributed by atoms with Gasteiger partial charge in [0.05, 0.1) is 5.69 Å². The minimum Gasteiger partial charge on any atom is -0.311 e. The van der Waals surface area contributed by atoms with E-state index in [-0.39, 0.29) is 0 Å². The molecule has 3 rings (SSSR count). The Morgan fingerprint density at radius 3 is 2.60 bits per heavy atom. The fraction of sp³-hybridized carbons (Fsp3) is 0.667. The van der Waals surface area contributed by atoms with Gasteiger partial charge in [0.1, 0.15) is 0 Å². The Morgan fingerprint density at radius 2 is 2.00 bits per heavy atom. The number of halogens is 2. The summed E-state index contributed by atoms with van der Waals surface area (Å²) < 4.78 is 2.12. The molecular formula is C15H21Br2N3. The van der Waals surface area contributed by atoms with Crippen molar-refractivity contribution in [2.24, 2.45) is 0 Å². The number of pyridine rings is 1. The molecule has 2 aliphatic rings. The van der Waals surface area contributed by atoms with Gasteiger partial charge in [0.2, 0.25) is 0 Å². The Bertz CT molecular complexity index is 468. The van der Waals surface area contributed by atoms with Gasteiger partial charge in [-0.15, -0.1) is 0 Å². The summed E-state index contributed by atoms with van der Waals surface area (Å²) in [6.45, 7) is 4.29. The molecule has 0 amide bonds. The van der Waals surface area contributed by atoms with E-state index in [0.717, 1.165) is 39.8 Å². The van der Waals surface area contributed by atoms with E-state index in [1.165, 1.54) is 25.7 Å². The maximum Gasteiger partial charge on any atom is 0.0686 e. The Morgan fingerprint density at radius 1 is 1.30 bits per heavy atom. The van der Waals surface area contributed by atoms with Crippen LogP contribution in [0.1, 0.15) is 38.3 Å². The molecule has 3 heterocycles. The van der Waals surface area contributed by atoms with Crippen molar-refractivity contribution < 1.29 is 0 Å². The predicted molar refractivity (Wildman–Crippen MR) is 88.7 cm³/mol. The summed E-state index contributed by atoms with van der Waals surface area (Å²) in [5.74, 6) is 0. The molecule has 2 saturated heterocycles. The first-order valence-electron chi connectivity index (χ1n) is 7.45. The van der Waals surface area contributed by atoms with Crippen molar-refractivity contribution >= 4 is 31.9 Å². The summed E-state index contributed by atoms with van der Waals surface area (Å²) in [7, 11) is 0. The summed E-state index contributed by atoms with van der Waals surface area (Å²) >= 11 is 7.10. The topological polar surface area (TPSA) is 28.2 Å². The Labute approximate surface area is 137 Å². The summed E-state index contributed by atoms with van der Waals surface area (Å²) in [4.78, 5) is 7.15. The van der Waals surface area contributed by atoms with Crippen molar-refractivity contribution in [2.75, 3.05) is 6.54 Å². The van der Waals surface area contributed by atoms with E-state index in [1.54, 1.807) is 0 Å². The van der Waals surface area contributed by atoms with Crippen LogP contribution in [0.5, 0.6) is 0 Å². The highest BCUT2D eigenvalue weighted by atomic mass is 79.9. The smallest absolute Gasteiger partial charge is 0.0686 e. The first kappa shape index (κ1) is 14.9. The monoisotopic (exact) mass is 401 g/mol. The lowest BCUT2D eigenvalue weighted by molar-refractivity contribution is 0.139. The van der Waals surface area contributed by atoms with Crippen molar-refractivity contribution in [3.05, 3.63) is 26.9 Å². The number of aromatic nitrogens is 1. The largest absolute Gasteiger partial charge is 0.311 e. The molecule has 2 unspecified atom stereocenters. The molecule has 5 heteroatoms. The normalized spacial score (nSPS) is 29.1. The third-order valence-corrected chi connectivity index (χ3v) is 5.73. The van der Waals surface area contributed by atoms with Gasteiger partial charge < -0.3 is 5.32 Å². The van der Waals surface area contributed by atoms with E-state index >= 15 is 0 Å². The van der Waals surface area contributed by atoms with Crippen molar-refractivity contribution in [3.8, 4) is 0 Å². The lowest BCUT2D eigenvalue weighted by Crippen LogP contribution is -2.48. The molecule has 2 atom stereocenters. The van der Waals surface area contributed by atoms with Crippen molar-refractivity contribution in [1.29, 1.82) is 0 Å². The molecule has 3 nitrogen and oxygen atoms in total. The maximum absolute atomic E-state index is 4.56. The zero-order chi connectivity index (χ0) is 14.1. The molecule has 1 N–H and O–H groups in total. The standard InChI is InChI=1S/C15H21Br2N3/c1-2-20(9-15-14(17)5-10(16)8-18-15)13-6-11-3-4-12(7-13)19-11/h5,8,11-13,19H,2-4,6-7,9H2,1H3. The van der Waals surface area contributed by atoms with E-state index in [1.807, 2.05) is 6.20 Å². The van der Waals surface area contributed by atoms with Gasteiger partial charge in [0, 0.05) is 39.8 Å². The molecule has 0 spiro atoms. The van der Waals surface area contributed by atoms with Gasteiger partial charge in [-0.05, 0) is 70.2 Å². The first-order chi connectivity index (χ1) is 9.65. The number of fused-ring (bicyclic) bond motifs is 2. The van der Waals surface area contributed by atoms with Crippen LogP contribution >= 0.6 is 31.9 Å². The highest BCUT2D eigenvalue weighted by Gasteiger charge is 2.35. The van der Waals surface area contributed by atoms with Gasteiger partial charge in [-0.2, -0.15) is 0 Å². The van der Waals surface area contributed by atoms with Crippen LogP contribution in [0.25, 0.3) is 0 Å². The third kappa shape index (κ3) is 3.26. The molecule has 1 aromatic heterocycles. The molecule has 2 aliphatic heterocycles. The average molecular weight is 403 g/mol. The number of piperidine rings is 1. The predicted octanol–water partition coefficient (Wildman–Crippen LogP) is 3.71. The molecule has 0 aromatic carbocycles. The lowest BCUT2D eigenvalue weighted by Gasteiger charge is -2.37. The summed E-state index contributed by atoms with van der Waals surface area (Å²) in [6, 6.07) is 4.28. The fourth-order valence-electron chi connectivity index (χ4n) is 3.58. The van der Waals surface area contributed by atoms with E-state index in [4.69, 9.17) is 0 Å². The first-order valence-corrected chi connectivity index (χ1v) is 9.04. The van der Waals surface area contributed by atoms with Gasteiger partial charge in [0.15, 0.2) is 0 Å². The van der Waals surface area contributed by atoms with E-state index in [0.29, 0.717) is 6.04 Å². The number of nitrogens with zero attached hydrogens (tertiary/aromatic N) is 2. The van der Waals surface area contributed by atoms with Gasteiger partial charge in [0.25, 0.3) is 0 Å². The van der Waals surface area contributed by atoms with Crippen LogP contribution in [0.15, 0.2) is 21.2 Å². The number of nitrogens with one attached hydrogen (secondary N) is 1. The van der Waals surface area contributed by atoms with Crippen molar-refractivity contribution in [1.82, 2.24) is 15.2 Å². The summed E-state index contributed by atoms with van der Waals surface area (Å²) in [6.07, 6.45) is 7.19. The molecule has 0 saturated carbocycles. The van der Waals surface area contributed by atoms with Crippen molar-refractivity contribution in [3.63, 3.8) is 0 Å².